The van der Waals surface area contributed by atoms with Gasteiger partial charge in [0.05, 0.1) is 0 Å². The van der Waals surface area contributed by atoms with Gasteiger partial charge in [0.15, 0.2) is 5.78 Å². The predicted octanol–water partition coefficient (Wildman–Crippen LogP) is 10.6. The first-order chi connectivity index (χ1) is 20.4. The van der Waals surface area contributed by atoms with Crippen LogP contribution in [0.4, 0.5) is 0 Å². The normalized spacial score (nSPS) is 12.5. The Kier molecular flexibility index (Phi) is 8.56. The summed E-state index contributed by atoms with van der Waals surface area (Å²) in [4.78, 5) is 16.5. The summed E-state index contributed by atoms with van der Waals surface area (Å²) in [5.41, 5.74) is 3.68. The third-order valence-electron chi connectivity index (χ3n) is 7.70. The van der Waals surface area contributed by atoms with E-state index in [2.05, 4.69) is 89.5 Å². The van der Waals surface area contributed by atoms with Gasteiger partial charge in [-0.2, -0.15) is 11.3 Å². The Morgan fingerprint density at radius 3 is 2.23 bits per heavy atom. The Bertz CT molecular complexity index is 2180. The van der Waals surface area contributed by atoms with E-state index in [1.165, 1.54) is 37.2 Å². The van der Waals surface area contributed by atoms with Gasteiger partial charge in [-0.15, -0.1) is 23.6 Å². The number of carbonyl (C=O) groups is 1. The molecule has 7 aromatic rings. The van der Waals surface area contributed by atoms with Crippen LogP contribution in [-0.2, 0) is 24.9 Å². The minimum absolute atomic E-state index is 0. The van der Waals surface area contributed by atoms with E-state index in [0.29, 0.717) is 0 Å². The molecule has 0 saturated carbocycles. The average Bonchev–Trinajstić information content (AvgIpc) is 3.30. The molecule has 0 bridgehead atoms. The fourth-order valence-corrected chi connectivity index (χ4v) is 6.37. The minimum Gasteiger partial charge on any atom is -0.512 e. The first kappa shape index (κ1) is 31.6. The van der Waals surface area contributed by atoms with Gasteiger partial charge in [0, 0.05) is 75.5 Å². The zero-order valence-electron chi connectivity index (χ0n) is 25.7. The second-order valence-corrected chi connectivity index (χ2v) is 14.0. The molecule has 0 spiro atoms. The molecule has 0 saturated heterocycles. The standard InChI is InChI=1S/C27H15N2S.C11H20O2.Ir/c1-2-9-18(10-3-1)29-21-13-7-15-23-25(21)24-20(12-6-14-22(24)30-23)26-27(29)19-11-5-4-8-17(19)16-28-26;1-10(2,3)8(12)7-9(13)11(4,5)6;/h1-11,13-16H;7,12H,1-6H3;/q-1;;/b;8-7-;. The zero-order chi connectivity index (χ0) is 30.5. The van der Waals surface area contributed by atoms with Gasteiger partial charge in [0.25, 0.3) is 0 Å². The molecule has 1 N–H and O–H groups in total. The molecule has 0 fully saturated rings. The Balaban J connectivity index is 0.000000237. The molecular weight excluding hydrogens is 741 g/mol. The van der Waals surface area contributed by atoms with Crippen molar-refractivity contribution in [1.29, 1.82) is 0 Å². The number of aromatic nitrogens is 2. The van der Waals surface area contributed by atoms with Crippen LogP contribution in [0.15, 0.2) is 103 Å². The largest absolute Gasteiger partial charge is 0.512 e. The van der Waals surface area contributed by atoms with Crippen molar-refractivity contribution in [2.75, 3.05) is 0 Å². The van der Waals surface area contributed by atoms with E-state index >= 15 is 0 Å². The van der Waals surface area contributed by atoms with Crippen LogP contribution in [0.2, 0.25) is 0 Å². The molecular formula is C38H35IrN2O2S-. The van der Waals surface area contributed by atoms with E-state index < -0.39 is 5.41 Å². The summed E-state index contributed by atoms with van der Waals surface area (Å²) < 4.78 is 4.95. The van der Waals surface area contributed by atoms with Crippen LogP contribution < -0.4 is 0 Å². The molecule has 0 aliphatic heterocycles. The van der Waals surface area contributed by atoms with Crippen LogP contribution in [0.25, 0.3) is 58.6 Å². The Hall–Kier alpha value is -3.83. The van der Waals surface area contributed by atoms with E-state index in [0.717, 1.165) is 27.5 Å². The number of rotatable bonds is 2. The van der Waals surface area contributed by atoms with Crippen LogP contribution in [0.5, 0.6) is 0 Å². The van der Waals surface area contributed by atoms with E-state index in [1.807, 2.05) is 65.1 Å². The Morgan fingerprint density at radius 1 is 0.841 bits per heavy atom. The summed E-state index contributed by atoms with van der Waals surface area (Å²) in [6.07, 6.45) is 3.32. The number of aliphatic hydroxyl groups excluding tert-OH is 1. The molecule has 0 atom stereocenters. The van der Waals surface area contributed by atoms with E-state index in [9.17, 15) is 9.90 Å². The van der Waals surface area contributed by atoms with Gasteiger partial charge in [-0.3, -0.25) is 4.79 Å². The van der Waals surface area contributed by atoms with Crippen molar-refractivity contribution in [2.24, 2.45) is 10.8 Å². The molecule has 6 heteroatoms. The summed E-state index contributed by atoms with van der Waals surface area (Å²) in [5, 5.41) is 15.5. The Morgan fingerprint density at radius 2 is 1.52 bits per heavy atom. The molecule has 7 rings (SSSR count). The molecule has 3 aromatic heterocycles. The molecule has 44 heavy (non-hydrogen) atoms. The predicted molar refractivity (Wildman–Crippen MR) is 182 cm³/mol. The van der Waals surface area contributed by atoms with Gasteiger partial charge in [-0.1, -0.05) is 95.5 Å². The van der Waals surface area contributed by atoms with E-state index in [-0.39, 0.29) is 37.1 Å². The van der Waals surface area contributed by atoms with E-state index in [1.54, 1.807) is 0 Å². The van der Waals surface area contributed by atoms with Crippen molar-refractivity contribution in [3.63, 3.8) is 0 Å². The molecule has 0 unspecified atom stereocenters. The second-order valence-electron chi connectivity index (χ2n) is 13.0. The molecule has 0 amide bonds. The second kappa shape index (κ2) is 11.9. The van der Waals surface area contributed by atoms with Gasteiger partial charge in [-0.05, 0) is 39.7 Å². The number of para-hydroxylation sites is 1. The van der Waals surface area contributed by atoms with Crippen LogP contribution in [0, 0.1) is 16.9 Å². The molecule has 0 aliphatic carbocycles. The van der Waals surface area contributed by atoms with Gasteiger partial charge in [0.1, 0.15) is 5.76 Å². The van der Waals surface area contributed by atoms with Crippen molar-refractivity contribution >= 4 is 70.0 Å². The minimum atomic E-state index is -0.417. The first-order valence-corrected chi connectivity index (χ1v) is 15.3. The van der Waals surface area contributed by atoms with Crippen LogP contribution in [0.1, 0.15) is 41.5 Å². The van der Waals surface area contributed by atoms with E-state index in [4.69, 9.17) is 4.98 Å². The summed E-state index contributed by atoms with van der Waals surface area (Å²) in [5.74, 6) is 0.104. The van der Waals surface area contributed by atoms with Crippen LogP contribution >= 0.6 is 11.3 Å². The number of pyridine rings is 1. The number of hydrogen-bond acceptors (Lipinski definition) is 4. The fourth-order valence-electron chi connectivity index (χ4n) is 5.24. The first-order valence-electron chi connectivity index (χ1n) is 14.5. The van der Waals surface area contributed by atoms with Crippen molar-refractivity contribution in [3.05, 3.63) is 109 Å². The molecule has 4 nitrogen and oxygen atoms in total. The Labute approximate surface area is 275 Å². The van der Waals surface area contributed by atoms with Crippen molar-refractivity contribution < 1.29 is 30.0 Å². The maximum Gasteiger partial charge on any atom is 0.164 e. The maximum atomic E-state index is 11.5. The third kappa shape index (κ3) is 5.70. The topological polar surface area (TPSA) is 55.1 Å². The number of hydrogen-bond donors (Lipinski definition) is 1. The molecule has 4 aromatic carbocycles. The molecule has 225 valence electrons. The number of carbonyl (C=O) groups excluding carboxylic acids is 1. The number of fused-ring (bicyclic) bond motifs is 4. The maximum absolute atomic E-state index is 11.5. The number of nitrogens with zero attached hydrogens (tertiary/aromatic N) is 2. The number of aliphatic hydroxyl groups is 1. The number of allylic oxidation sites excluding steroid dienone is 2. The fraction of sp³-hybridized carbons (Fsp3) is 0.211. The zero-order valence-corrected chi connectivity index (χ0v) is 28.9. The summed E-state index contributed by atoms with van der Waals surface area (Å²) >= 11 is 1.84. The van der Waals surface area contributed by atoms with Crippen LogP contribution in [0.3, 0.4) is 0 Å². The molecule has 3 heterocycles. The smallest absolute Gasteiger partial charge is 0.164 e. The van der Waals surface area contributed by atoms with Gasteiger partial charge in [-0.25, -0.2) is 0 Å². The number of ketones is 1. The van der Waals surface area contributed by atoms with Crippen LogP contribution in [-0.4, -0.2) is 20.4 Å². The summed E-state index contributed by atoms with van der Waals surface area (Å²) in [6.45, 7) is 11.1. The third-order valence-corrected chi connectivity index (χ3v) is 8.82. The van der Waals surface area contributed by atoms with Gasteiger partial charge < -0.3 is 14.7 Å². The number of thiophene rings is 1. The van der Waals surface area contributed by atoms with Gasteiger partial charge in [0.2, 0.25) is 0 Å². The number of benzene rings is 4. The van der Waals surface area contributed by atoms with Gasteiger partial charge >= 0.3 is 0 Å². The summed E-state index contributed by atoms with van der Waals surface area (Å²) in [6, 6.07) is 33.5. The SMILES string of the molecule is CC(C)(C)C(=O)/C=C(\O)C(C)(C)C.[Ir].[c-]1ccc2sc3cccc4c3c2c1c1ncc2ccccc2c1n4-c1ccccc1. The molecule has 0 aliphatic rings. The molecule has 1 radical (unpaired) electrons. The average molecular weight is 776 g/mol. The quantitative estimate of drug-likeness (QED) is 0.108. The monoisotopic (exact) mass is 776 g/mol. The van der Waals surface area contributed by atoms with Crippen molar-refractivity contribution in [2.45, 2.75) is 41.5 Å². The summed E-state index contributed by atoms with van der Waals surface area (Å²) in [7, 11) is 0. The van der Waals surface area contributed by atoms with Crippen molar-refractivity contribution in [1.82, 2.24) is 9.55 Å². The van der Waals surface area contributed by atoms with Crippen molar-refractivity contribution in [3.8, 4) is 5.69 Å².